The second-order valence-electron chi connectivity index (χ2n) is 6.43. The summed E-state index contributed by atoms with van der Waals surface area (Å²) >= 11 is 0. The molecule has 2 aromatic rings. The van der Waals surface area contributed by atoms with Crippen LogP contribution in [0, 0.1) is 20.8 Å². The molecule has 23 heavy (non-hydrogen) atoms. The first-order valence-corrected chi connectivity index (χ1v) is 9.49. The van der Waals surface area contributed by atoms with Crippen molar-refractivity contribution in [3.8, 4) is 0 Å². The van der Waals surface area contributed by atoms with Crippen LogP contribution < -0.4 is 0 Å². The van der Waals surface area contributed by atoms with Gasteiger partial charge in [-0.25, -0.2) is 8.42 Å². The Kier molecular flexibility index (Phi) is 4.30. The maximum absolute atomic E-state index is 13.1. The van der Waals surface area contributed by atoms with Gasteiger partial charge in [-0.15, -0.1) is 0 Å². The standard InChI is InChI=1S/C19H23NO2S/c1-14-6-4-7-17(12-14)19-8-5-11-20(19)23(21,22)18-10-9-15(2)16(3)13-18/h4,6-7,9-10,12-13,19H,5,8,11H2,1-3H3/t19-/m1/s1. The normalized spacial score (nSPS) is 19.2. The lowest BCUT2D eigenvalue weighted by atomic mass is 10.0. The summed E-state index contributed by atoms with van der Waals surface area (Å²) in [6.45, 7) is 6.59. The Morgan fingerprint density at radius 2 is 1.78 bits per heavy atom. The molecule has 2 aromatic carbocycles. The van der Waals surface area contributed by atoms with E-state index in [9.17, 15) is 8.42 Å². The minimum atomic E-state index is -3.45. The Labute approximate surface area is 139 Å². The fraction of sp³-hybridized carbons (Fsp3) is 0.368. The number of aryl methyl sites for hydroxylation is 3. The average Bonchev–Trinajstić information content (AvgIpc) is 3.00. The van der Waals surface area contributed by atoms with Crippen LogP contribution in [0.2, 0.25) is 0 Å². The van der Waals surface area contributed by atoms with Crippen molar-refractivity contribution in [1.29, 1.82) is 0 Å². The van der Waals surface area contributed by atoms with Crippen LogP contribution in [0.25, 0.3) is 0 Å². The van der Waals surface area contributed by atoms with E-state index in [1.165, 1.54) is 0 Å². The molecule has 1 heterocycles. The van der Waals surface area contributed by atoms with E-state index in [0.717, 1.165) is 35.1 Å². The molecular formula is C19H23NO2S. The van der Waals surface area contributed by atoms with Crippen molar-refractivity contribution in [2.45, 2.75) is 44.6 Å². The van der Waals surface area contributed by atoms with Gasteiger partial charge in [0.25, 0.3) is 0 Å². The van der Waals surface area contributed by atoms with Gasteiger partial charge < -0.3 is 0 Å². The summed E-state index contributed by atoms with van der Waals surface area (Å²) in [5, 5.41) is 0. The molecule has 1 aliphatic heterocycles. The number of hydrogen-bond acceptors (Lipinski definition) is 2. The van der Waals surface area contributed by atoms with Crippen LogP contribution in [-0.2, 0) is 10.0 Å². The summed E-state index contributed by atoms with van der Waals surface area (Å²) in [4.78, 5) is 0.403. The lowest BCUT2D eigenvalue weighted by Crippen LogP contribution is -2.30. The van der Waals surface area contributed by atoms with E-state index >= 15 is 0 Å². The van der Waals surface area contributed by atoms with Gasteiger partial charge in [0, 0.05) is 6.54 Å². The Morgan fingerprint density at radius 1 is 1.00 bits per heavy atom. The third-order valence-corrected chi connectivity index (χ3v) is 6.62. The minimum Gasteiger partial charge on any atom is -0.207 e. The molecule has 0 spiro atoms. The third-order valence-electron chi connectivity index (χ3n) is 4.72. The largest absolute Gasteiger partial charge is 0.243 e. The van der Waals surface area contributed by atoms with Crippen LogP contribution >= 0.6 is 0 Å². The van der Waals surface area contributed by atoms with Gasteiger partial charge in [0.1, 0.15) is 0 Å². The van der Waals surface area contributed by atoms with Gasteiger partial charge in [0.2, 0.25) is 10.0 Å². The number of benzene rings is 2. The highest BCUT2D eigenvalue weighted by molar-refractivity contribution is 7.89. The molecule has 122 valence electrons. The molecule has 1 saturated heterocycles. The lowest BCUT2D eigenvalue weighted by molar-refractivity contribution is 0.396. The van der Waals surface area contributed by atoms with E-state index in [2.05, 4.69) is 6.07 Å². The van der Waals surface area contributed by atoms with Gasteiger partial charge in [-0.3, -0.25) is 0 Å². The van der Waals surface area contributed by atoms with Gasteiger partial charge in [-0.1, -0.05) is 35.9 Å². The smallest absolute Gasteiger partial charge is 0.207 e. The topological polar surface area (TPSA) is 37.4 Å². The molecule has 1 fully saturated rings. The highest BCUT2D eigenvalue weighted by Crippen LogP contribution is 2.37. The van der Waals surface area contributed by atoms with Crippen LogP contribution in [0.3, 0.4) is 0 Å². The van der Waals surface area contributed by atoms with Crippen LogP contribution in [-0.4, -0.2) is 19.3 Å². The Bertz CT molecular complexity index is 827. The maximum atomic E-state index is 13.1. The van der Waals surface area contributed by atoms with Gasteiger partial charge in [-0.2, -0.15) is 4.31 Å². The van der Waals surface area contributed by atoms with Crippen molar-refractivity contribution in [1.82, 2.24) is 4.31 Å². The number of rotatable bonds is 3. The molecule has 0 aromatic heterocycles. The van der Waals surface area contributed by atoms with Gasteiger partial charge in [-0.05, 0) is 62.4 Å². The molecule has 0 aliphatic carbocycles. The molecular weight excluding hydrogens is 306 g/mol. The molecule has 3 rings (SSSR count). The first-order chi connectivity index (χ1) is 10.9. The van der Waals surface area contributed by atoms with Crippen LogP contribution in [0.15, 0.2) is 47.4 Å². The van der Waals surface area contributed by atoms with Crippen molar-refractivity contribution in [3.63, 3.8) is 0 Å². The predicted octanol–water partition coefficient (Wildman–Crippen LogP) is 4.14. The number of hydrogen-bond donors (Lipinski definition) is 0. The second-order valence-corrected chi connectivity index (χ2v) is 8.32. The van der Waals surface area contributed by atoms with Crippen molar-refractivity contribution in [3.05, 3.63) is 64.7 Å². The van der Waals surface area contributed by atoms with Crippen LogP contribution in [0.5, 0.6) is 0 Å². The Balaban J connectivity index is 1.99. The maximum Gasteiger partial charge on any atom is 0.243 e. The van der Waals surface area contributed by atoms with Gasteiger partial charge in [0.05, 0.1) is 10.9 Å². The summed E-state index contributed by atoms with van der Waals surface area (Å²) in [5.74, 6) is 0. The first-order valence-electron chi connectivity index (χ1n) is 8.05. The zero-order valence-corrected chi connectivity index (χ0v) is 14.7. The van der Waals surface area contributed by atoms with Gasteiger partial charge in [0.15, 0.2) is 0 Å². The molecule has 4 heteroatoms. The first kappa shape index (κ1) is 16.2. The fourth-order valence-electron chi connectivity index (χ4n) is 3.25. The zero-order valence-electron chi connectivity index (χ0n) is 13.9. The van der Waals surface area contributed by atoms with Crippen LogP contribution in [0.4, 0.5) is 0 Å². The molecule has 0 N–H and O–H groups in total. The molecule has 3 nitrogen and oxygen atoms in total. The summed E-state index contributed by atoms with van der Waals surface area (Å²) in [6.07, 6.45) is 1.79. The summed E-state index contributed by atoms with van der Waals surface area (Å²) < 4.78 is 27.9. The summed E-state index contributed by atoms with van der Waals surface area (Å²) in [6, 6.07) is 13.5. The van der Waals surface area contributed by atoms with E-state index in [0.29, 0.717) is 11.4 Å². The highest BCUT2D eigenvalue weighted by atomic mass is 32.2. The molecule has 0 saturated carbocycles. The van der Waals surface area contributed by atoms with Crippen molar-refractivity contribution in [2.75, 3.05) is 6.54 Å². The Morgan fingerprint density at radius 3 is 2.48 bits per heavy atom. The van der Waals surface area contributed by atoms with E-state index in [1.54, 1.807) is 16.4 Å². The van der Waals surface area contributed by atoms with E-state index in [1.807, 2.05) is 45.0 Å². The fourth-order valence-corrected chi connectivity index (χ4v) is 5.02. The molecule has 0 unspecified atom stereocenters. The van der Waals surface area contributed by atoms with E-state index in [4.69, 9.17) is 0 Å². The average molecular weight is 329 g/mol. The highest BCUT2D eigenvalue weighted by Gasteiger charge is 2.36. The zero-order chi connectivity index (χ0) is 16.6. The Hall–Kier alpha value is -1.65. The molecule has 1 aliphatic rings. The lowest BCUT2D eigenvalue weighted by Gasteiger charge is -2.25. The SMILES string of the molecule is Cc1cccc([C@H]2CCCN2S(=O)(=O)c2ccc(C)c(C)c2)c1. The van der Waals surface area contributed by atoms with Crippen molar-refractivity contribution in [2.24, 2.45) is 0 Å². The van der Waals surface area contributed by atoms with Gasteiger partial charge >= 0.3 is 0 Å². The molecule has 1 atom stereocenters. The summed E-state index contributed by atoms with van der Waals surface area (Å²) in [7, 11) is -3.45. The number of nitrogens with zero attached hydrogens (tertiary/aromatic N) is 1. The predicted molar refractivity (Wildman–Crippen MR) is 93.0 cm³/mol. The monoisotopic (exact) mass is 329 g/mol. The number of sulfonamides is 1. The second kappa shape index (κ2) is 6.10. The third kappa shape index (κ3) is 3.06. The molecule has 0 radical (unpaired) electrons. The molecule has 0 bridgehead atoms. The summed E-state index contributed by atoms with van der Waals surface area (Å²) in [5.41, 5.74) is 4.38. The molecule has 0 amide bonds. The van der Waals surface area contributed by atoms with E-state index in [-0.39, 0.29) is 6.04 Å². The minimum absolute atomic E-state index is 0.0542. The van der Waals surface area contributed by atoms with E-state index < -0.39 is 10.0 Å². The quantitative estimate of drug-likeness (QED) is 0.849. The van der Waals surface area contributed by atoms with Crippen molar-refractivity contribution < 1.29 is 8.42 Å². The van der Waals surface area contributed by atoms with Crippen molar-refractivity contribution >= 4 is 10.0 Å². The van der Waals surface area contributed by atoms with Crippen LogP contribution in [0.1, 0.15) is 41.1 Å².